The third-order valence-electron chi connectivity index (χ3n) is 18.3. The molecule has 0 saturated heterocycles. The molecule has 0 radical (unpaired) electrons. The van der Waals surface area contributed by atoms with Crippen LogP contribution in [-0.2, 0) is 10.8 Å². The normalized spacial score (nSPS) is 15.8. The average molecular weight is 1080 g/mol. The van der Waals surface area contributed by atoms with Crippen molar-refractivity contribution in [1.82, 2.24) is 0 Å². The van der Waals surface area contributed by atoms with Gasteiger partial charge in [0.2, 0.25) is 0 Å². The van der Waals surface area contributed by atoms with Crippen molar-refractivity contribution < 1.29 is 0 Å². The Morgan fingerprint density at radius 1 is 0.202 bits per heavy atom. The lowest BCUT2D eigenvalue weighted by molar-refractivity contribution is 0.0594. The van der Waals surface area contributed by atoms with Crippen LogP contribution in [0, 0.1) is 10.8 Å². The zero-order valence-electron chi connectivity index (χ0n) is 48.8. The van der Waals surface area contributed by atoms with Gasteiger partial charge in [0, 0.05) is 45.0 Å². The minimum atomic E-state index is -0.639. The molecule has 0 aliphatic heterocycles. The lowest BCUT2D eigenvalue weighted by atomic mass is 9.39. The van der Waals surface area contributed by atoms with Gasteiger partial charge in [-0.05, 0) is 173 Å². The largest absolute Gasteiger partial charge is 0.310 e. The lowest BCUT2D eigenvalue weighted by Gasteiger charge is -2.62. The van der Waals surface area contributed by atoms with Crippen LogP contribution in [0.3, 0.4) is 0 Å². The first-order valence-corrected chi connectivity index (χ1v) is 29.7. The molecule has 2 atom stereocenters. The van der Waals surface area contributed by atoms with Crippen molar-refractivity contribution in [2.24, 2.45) is 10.8 Å². The van der Waals surface area contributed by atoms with Crippen molar-refractivity contribution in [3.05, 3.63) is 326 Å². The molecule has 84 heavy (non-hydrogen) atoms. The van der Waals surface area contributed by atoms with Gasteiger partial charge in [0.25, 0.3) is 0 Å². The fourth-order valence-electron chi connectivity index (χ4n) is 15.0. The quantitative estimate of drug-likeness (QED) is 0.127. The predicted molar refractivity (Wildman–Crippen MR) is 355 cm³/mol. The van der Waals surface area contributed by atoms with E-state index in [9.17, 15) is 0 Å². The van der Waals surface area contributed by atoms with E-state index < -0.39 is 10.8 Å². The Labute approximate surface area is 496 Å². The molecular formula is C82H68N2. The predicted octanol–water partition coefficient (Wildman–Crippen LogP) is 22.6. The first-order valence-electron chi connectivity index (χ1n) is 29.7. The minimum Gasteiger partial charge on any atom is -0.310 e. The molecule has 0 spiro atoms. The molecule has 12 aromatic carbocycles. The van der Waals surface area contributed by atoms with Gasteiger partial charge < -0.3 is 9.80 Å². The van der Waals surface area contributed by atoms with Crippen LogP contribution in [0.15, 0.2) is 303 Å². The monoisotopic (exact) mass is 1080 g/mol. The van der Waals surface area contributed by atoms with E-state index in [-0.39, 0.29) is 10.8 Å². The fraction of sp³-hybridized carbons (Fsp3) is 0.122. The van der Waals surface area contributed by atoms with Gasteiger partial charge in [-0.1, -0.05) is 272 Å². The molecule has 0 heterocycles. The van der Waals surface area contributed by atoms with Crippen molar-refractivity contribution in [3.63, 3.8) is 0 Å². The highest BCUT2D eigenvalue weighted by molar-refractivity contribution is 5.94. The van der Waals surface area contributed by atoms with Gasteiger partial charge in [-0.15, -0.1) is 0 Å². The Hall–Kier alpha value is -9.76. The first kappa shape index (κ1) is 52.3. The summed E-state index contributed by atoms with van der Waals surface area (Å²) in [5, 5.41) is 0. The number of benzene rings is 12. The molecule has 2 nitrogen and oxygen atoms in total. The number of rotatable bonds is 11. The van der Waals surface area contributed by atoms with Crippen molar-refractivity contribution in [2.45, 2.75) is 52.4 Å². The molecule has 0 aromatic heterocycles. The lowest BCUT2D eigenvalue weighted by Crippen LogP contribution is -2.62. The summed E-state index contributed by atoms with van der Waals surface area (Å²) >= 11 is 0. The maximum atomic E-state index is 2.59. The van der Waals surface area contributed by atoms with Crippen molar-refractivity contribution in [2.75, 3.05) is 9.80 Å². The summed E-state index contributed by atoms with van der Waals surface area (Å²) in [6.45, 7) is 15.1. The molecule has 0 N–H and O–H groups in total. The highest BCUT2D eigenvalue weighted by Gasteiger charge is 2.70. The van der Waals surface area contributed by atoms with Gasteiger partial charge in [-0.25, -0.2) is 0 Å². The van der Waals surface area contributed by atoms with Crippen LogP contribution < -0.4 is 9.80 Å². The van der Waals surface area contributed by atoms with E-state index in [0.717, 1.165) is 34.1 Å². The van der Waals surface area contributed by atoms with E-state index in [4.69, 9.17) is 0 Å². The smallest absolute Gasteiger partial charge is 0.0465 e. The fourth-order valence-corrected chi connectivity index (χ4v) is 15.0. The summed E-state index contributed by atoms with van der Waals surface area (Å²) in [6, 6.07) is 113. The van der Waals surface area contributed by atoms with Crippen molar-refractivity contribution >= 4 is 34.1 Å². The van der Waals surface area contributed by atoms with Gasteiger partial charge in [0.05, 0.1) is 0 Å². The van der Waals surface area contributed by atoms with E-state index in [1.54, 1.807) is 0 Å². The second-order valence-electron chi connectivity index (χ2n) is 24.9. The maximum Gasteiger partial charge on any atom is 0.0465 e. The number of fused-ring (bicyclic) bond motifs is 6. The summed E-state index contributed by atoms with van der Waals surface area (Å²) in [5.74, 6) is 0. The summed E-state index contributed by atoms with van der Waals surface area (Å²) < 4.78 is 0. The van der Waals surface area contributed by atoms with Crippen molar-refractivity contribution in [3.8, 4) is 66.8 Å². The summed E-state index contributed by atoms with van der Waals surface area (Å²) in [5.41, 5.74) is 24.7. The number of hydrogen-bond acceptors (Lipinski definition) is 2. The van der Waals surface area contributed by atoms with E-state index in [0.29, 0.717) is 0 Å². The maximum absolute atomic E-state index is 2.59. The SMILES string of the molecule is CC(C)(C)C1(C2(C(C)(C)C)c3ccccc3-c3ccc(N(c4ccc(-c5ccccc5)cc4)c4ccc(-c5ccccc5)cc4)cc32)c2ccccc2-c2ccc(N(c3ccc(-c4ccccc4)cc3)c3ccc(-c4ccccc4)cc3)cc21. The molecule has 0 amide bonds. The second-order valence-corrected chi connectivity index (χ2v) is 24.9. The van der Waals surface area contributed by atoms with E-state index in [1.807, 2.05) is 0 Å². The molecule has 0 fully saturated rings. The number of nitrogens with zero attached hydrogens (tertiary/aromatic N) is 2. The molecule has 12 aromatic rings. The first-order chi connectivity index (χ1) is 40.9. The van der Waals surface area contributed by atoms with Gasteiger partial charge in [-0.3, -0.25) is 0 Å². The summed E-state index contributed by atoms with van der Waals surface area (Å²) in [7, 11) is 0. The highest BCUT2D eigenvalue weighted by atomic mass is 15.1. The van der Waals surface area contributed by atoms with Crippen LogP contribution in [0.5, 0.6) is 0 Å². The van der Waals surface area contributed by atoms with E-state index in [2.05, 4.69) is 355 Å². The highest BCUT2D eigenvalue weighted by Crippen LogP contribution is 2.75. The molecule has 2 aliphatic rings. The zero-order valence-corrected chi connectivity index (χ0v) is 48.8. The molecule has 2 heteroatoms. The molecule has 406 valence electrons. The zero-order chi connectivity index (χ0) is 57.2. The number of hydrogen-bond donors (Lipinski definition) is 0. The Morgan fingerprint density at radius 2 is 0.417 bits per heavy atom. The molecular weight excluding hydrogens is 1010 g/mol. The second kappa shape index (κ2) is 20.6. The Bertz CT molecular complexity index is 3880. The third-order valence-corrected chi connectivity index (χ3v) is 18.3. The topological polar surface area (TPSA) is 6.48 Å². The minimum absolute atomic E-state index is 0.370. The van der Waals surface area contributed by atoms with Gasteiger partial charge in [0.15, 0.2) is 0 Å². The Kier molecular flexibility index (Phi) is 12.8. The molecule has 14 rings (SSSR count). The van der Waals surface area contributed by atoms with Crippen LogP contribution >= 0.6 is 0 Å². The van der Waals surface area contributed by atoms with Crippen LogP contribution in [0.4, 0.5) is 34.1 Å². The van der Waals surface area contributed by atoms with Crippen LogP contribution in [0.25, 0.3) is 66.8 Å². The standard InChI is InChI=1S/C82H68N2/c1-79(2,3)81(75-33-21-19-31-71(75)73-53-51-69(55-77(73)81)83(65-43-35-61(36-44-65)57-23-11-7-12-24-57)66-45-37-62(38-46-66)58-25-13-8-14-26-58)82(80(4,5)6)76-34-22-20-32-72(76)74-54-52-70(56-78(74)82)84(67-47-39-63(40-48-67)59-27-15-9-16-28-59)68-49-41-64(42-50-68)60-29-17-10-18-30-60/h7-56H,1-6H3. The van der Waals surface area contributed by atoms with Crippen LogP contribution in [0.2, 0.25) is 0 Å². The molecule has 2 unspecified atom stereocenters. The van der Waals surface area contributed by atoms with Crippen LogP contribution in [0.1, 0.15) is 63.8 Å². The average Bonchev–Trinajstić information content (AvgIpc) is 1.46. The summed E-state index contributed by atoms with van der Waals surface area (Å²) in [6.07, 6.45) is 0. The van der Waals surface area contributed by atoms with Crippen LogP contribution in [-0.4, -0.2) is 0 Å². The Morgan fingerprint density at radius 3 is 0.679 bits per heavy atom. The molecule has 2 aliphatic carbocycles. The third kappa shape index (κ3) is 8.37. The van der Waals surface area contributed by atoms with E-state index in [1.165, 1.54) is 89.0 Å². The Balaban J connectivity index is 1.01. The van der Waals surface area contributed by atoms with Gasteiger partial charge in [-0.2, -0.15) is 0 Å². The summed E-state index contributed by atoms with van der Waals surface area (Å²) in [4.78, 5) is 4.95. The van der Waals surface area contributed by atoms with Crippen molar-refractivity contribution in [1.29, 1.82) is 0 Å². The van der Waals surface area contributed by atoms with E-state index >= 15 is 0 Å². The molecule has 0 saturated carbocycles. The number of anilines is 6. The molecule has 0 bridgehead atoms. The van der Waals surface area contributed by atoms with Gasteiger partial charge in [0.1, 0.15) is 0 Å². The van der Waals surface area contributed by atoms with Gasteiger partial charge >= 0.3 is 0 Å².